The number of aliphatic hydroxyl groups excluding tert-OH is 1. The number of benzene rings is 2. The van der Waals surface area contributed by atoms with Crippen LogP contribution in [0.5, 0.6) is 0 Å². The van der Waals surface area contributed by atoms with Crippen LogP contribution < -0.4 is 0 Å². The second kappa shape index (κ2) is 17.1. The summed E-state index contributed by atoms with van der Waals surface area (Å²) in [4.78, 5) is 0. The molecule has 0 radical (unpaired) electrons. The Kier molecular flexibility index (Phi) is 13.9. The van der Waals surface area contributed by atoms with Crippen LogP contribution in [-0.2, 0) is 0 Å². The lowest BCUT2D eigenvalue weighted by molar-refractivity contribution is -0.0431. The molecule has 0 aliphatic rings. The van der Waals surface area contributed by atoms with Gasteiger partial charge in [0.05, 0.1) is 0 Å². The zero-order valence-corrected chi connectivity index (χ0v) is 26.9. The summed E-state index contributed by atoms with van der Waals surface area (Å²) in [5, 5.41) is 19.6. The van der Waals surface area contributed by atoms with E-state index in [1.807, 2.05) is 63.3 Å². The van der Waals surface area contributed by atoms with Gasteiger partial charge >= 0.3 is 0 Å². The summed E-state index contributed by atoms with van der Waals surface area (Å²) < 4.78 is 0. The van der Waals surface area contributed by atoms with E-state index in [4.69, 9.17) is 0 Å². The number of hydrogen-bond acceptors (Lipinski definition) is 2. The average Bonchev–Trinajstić information content (AvgIpc) is 2.93. The van der Waals surface area contributed by atoms with Crippen LogP contribution in [0.25, 0.3) is 12.2 Å². The molecule has 0 bridgehead atoms. The highest BCUT2D eigenvalue weighted by molar-refractivity contribution is 5.63. The molecule has 0 aromatic heterocycles. The standard InChI is InChI=1S/C40H48O2/c1-28(16-12-18-30(3)20-26-37-33(6)23-22-32(5)36(37)9)14-10-11-15-29(2)17-13-19-31(4)21-27-38-34(7)24-25-35(8)39(38)40(41)42/h10-27,40-42H,1-9H3/b11-10+,16-12+,17-13+,26-20+,27-21+,28-14+,29-15+,30-18+,31-19+. The van der Waals surface area contributed by atoms with Gasteiger partial charge in [-0.15, -0.1) is 0 Å². The normalized spacial score (nSPS) is 14.4. The number of rotatable bonds is 11. The van der Waals surface area contributed by atoms with Gasteiger partial charge in [-0.25, -0.2) is 0 Å². The van der Waals surface area contributed by atoms with Crippen LogP contribution >= 0.6 is 0 Å². The van der Waals surface area contributed by atoms with E-state index in [2.05, 4.69) is 108 Å². The third-order valence-electron chi connectivity index (χ3n) is 7.28. The van der Waals surface area contributed by atoms with Crippen molar-refractivity contribution in [3.8, 4) is 0 Å². The molecule has 0 unspecified atom stereocenters. The van der Waals surface area contributed by atoms with Gasteiger partial charge in [-0.3, -0.25) is 0 Å². The summed E-state index contributed by atoms with van der Waals surface area (Å²) in [5.74, 6) is 0. The van der Waals surface area contributed by atoms with Crippen molar-refractivity contribution in [1.29, 1.82) is 0 Å². The molecule has 42 heavy (non-hydrogen) atoms. The molecule has 2 N–H and O–H groups in total. The minimum atomic E-state index is -1.49. The Morgan fingerprint density at radius 3 is 1.38 bits per heavy atom. The van der Waals surface area contributed by atoms with Crippen LogP contribution in [0.15, 0.2) is 119 Å². The zero-order valence-electron chi connectivity index (χ0n) is 26.9. The Labute approximate surface area is 254 Å². The summed E-state index contributed by atoms with van der Waals surface area (Å²) in [6.07, 6.45) is 27.6. The fraction of sp³-hybridized carbons (Fsp3) is 0.250. The number of allylic oxidation sites excluding steroid dienone is 16. The van der Waals surface area contributed by atoms with Gasteiger partial charge in [0.1, 0.15) is 0 Å². The van der Waals surface area contributed by atoms with E-state index in [1.165, 1.54) is 33.4 Å². The zero-order chi connectivity index (χ0) is 31.2. The van der Waals surface area contributed by atoms with Gasteiger partial charge in [0.2, 0.25) is 0 Å². The largest absolute Gasteiger partial charge is 0.364 e. The van der Waals surface area contributed by atoms with E-state index < -0.39 is 6.29 Å². The van der Waals surface area contributed by atoms with Crippen LogP contribution in [0.2, 0.25) is 0 Å². The van der Waals surface area contributed by atoms with Crippen LogP contribution in [0.4, 0.5) is 0 Å². The molecule has 2 aromatic rings. The molecule has 0 atom stereocenters. The summed E-state index contributed by atoms with van der Waals surface area (Å²) >= 11 is 0. The van der Waals surface area contributed by atoms with Crippen molar-refractivity contribution in [3.05, 3.63) is 164 Å². The Morgan fingerprint density at radius 2 is 0.881 bits per heavy atom. The average molecular weight is 561 g/mol. The minimum Gasteiger partial charge on any atom is -0.364 e. The Bertz CT molecular complexity index is 1510. The maximum Gasteiger partial charge on any atom is 0.179 e. The molecule has 0 heterocycles. The van der Waals surface area contributed by atoms with E-state index in [-0.39, 0.29) is 0 Å². The molecular weight excluding hydrogens is 512 g/mol. The molecule has 0 aliphatic heterocycles. The third-order valence-corrected chi connectivity index (χ3v) is 7.28. The van der Waals surface area contributed by atoms with E-state index in [0.29, 0.717) is 5.56 Å². The maximum absolute atomic E-state index is 9.80. The SMILES string of the molecule is CC(/C=C/C=C(C)/C=C/c1c(C)ccc(C)c1C)=C\C=C\C=C(C)\C=C\C=C(C)\C=C\c1c(C)ccc(C)c1C(O)O. The van der Waals surface area contributed by atoms with Crippen molar-refractivity contribution in [3.63, 3.8) is 0 Å². The van der Waals surface area contributed by atoms with E-state index in [1.54, 1.807) is 0 Å². The Balaban J connectivity index is 1.95. The molecule has 0 fully saturated rings. The predicted octanol–water partition coefficient (Wildman–Crippen LogP) is 10.4. The lowest BCUT2D eigenvalue weighted by Gasteiger charge is -2.14. The molecule has 0 saturated carbocycles. The van der Waals surface area contributed by atoms with Crippen LogP contribution in [-0.4, -0.2) is 10.2 Å². The quantitative estimate of drug-likeness (QED) is 0.212. The van der Waals surface area contributed by atoms with Crippen LogP contribution in [0.3, 0.4) is 0 Å². The molecule has 0 aliphatic carbocycles. The molecule has 2 nitrogen and oxygen atoms in total. The van der Waals surface area contributed by atoms with Gasteiger partial charge in [-0.05, 0) is 101 Å². The van der Waals surface area contributed by atoms with Crippen molar-refractivity contribution < 1.29 is 10.2 Å². The fourth-order valence-electron chi connectivity index (χ4n) is 4.42. The first-order chi connectivity index (χ1) is 19.9. The van der Waals surface area contributed by atoms with Gasteiger partial charge in [0.15, 0.2) is 6.29 Å². The van der Waals surface area contributed by atoms with Crippen LogP contribution in [0, 0.1) is 34.6 Å². The molecule has 2 heteroatoms. The molecule has 220 valence electrons. The van der Waals surface area contributed by atoms with Crippen LogP contribution in [0.1, 0.15) is 78.5 Å². The van der Waals surface area contributed by atoms with Crippen molar-refractivity contribution in [2.24, 2.45) is 0 Å². The highest BCUT2D eigenvalue weighted by Crippen LogP contribution is 2.25. The topological polar surface area (TPSA) is 40.5 Å². The first kappa shape index (κ1) is 34.2. The fourth-order valence-corrected chi connectivity index (χ4v) is 4.42. The summed E-state index contributed by atoms with van der Waals surface area (Å²) in [5.41, 5.74) is 13.2. The monoisotopic (exact) mass is 560 g/mol. The summed E-state index contributed by atoms with van der Waals surface area (Å²) in [6, 6.07) is 8.28. The van der Waals surface area contributed by atoms with E-state index in [0.717, 1.165) is 27.8 Å². The van der Waals surface area contributed by atoms with Crippen molar-refractivity contribution >= 4 is 12.2 Å². The molecule has 2 rings (SSSR count). The first-order valence-electron chi connectivity index (χ1n) is 14.5. The Hall–Kier alpha value is -3.98. The van der Waals surface area contributed by atoms with Crippen molar-refractivity contribution in [2.75, 3.05) is 0 Å². The lowest BCUT2D eigenvalue weighted by atomic mass is 9.96. The first-order valence-corrected chi connectivity index (χ1v) is 14.5. The smallest absolute Gasteiger partial charge is 0.179 e. The maximum atomic E-state index is 9.80. The molecule has 0 saturated heterocycles. The molecule has 0 spiro atoms. The molecule has 0 amide bonds. The van der Waals surface area contributed by atoms with E-state index in [9.17, 15) is 10.2 Å². The third kappa shape index (κ3) is 11.1. The lowest BCUT2D eigenvalue weighted by Crippen LogP contribution is -2.03. The van der Waals surface area contributed by atoms with Gasteiger partial charge in [-0.2, -0.15) is 0 Å². The predicted molar refractivity (Wildman–Crippen MR) is 184 cm³/mol. The minimum absolute atomic E-state index is 0.558. The van der Waals surface area contributed by atoms with E-state index >= 15 is 0 Å². The Morgan fingerprint density at radius 1 is 0.500 bits per heavy atom. The van der Waals surface area contributed by atoms with Gasteiger partial charge in [0.25, 0.3) is 0 Å². The van der Waals surface area contributed by atoms with Crippen molar-refractivity contribution in [2.45, 2.75) is 68.6 Å². The molecular formula is C40H48O2. The summed E-state index contributed by atoms with van der Waals surface area (Å²) in [7, 11) is 0. The second-order valence-electron chi connectivity index (χ2n) is 11.1. The highest BCUT2D eigenvalue weighted by atomic mass is 16.5. The number of hydrogen-bond donors (Lipinski definition) is 2. The second-order valence-corrected chi connectivity index (χ2v) is 11.1. The van der Waals surface area contributed by atoms with Gasteiger partial charge in [-0.1, -0.05) is 132 Å². The van der Waals surface area contributed by atoms with Gasteiger partial charge in [0, 0.05) is 5.56 Å². The number of aryl methyl sites for hydroxylation is 4. The summed E-state index contributed by atoms with van der Waals surface area (Å²) in [6.45, 7) is 18.7. The van der Waals surface area contributed by atoms with Gasteiger partial charge < -0.3 is 10.2 Å². The van der Waals surface area contributed by atoms with Crippen molar-refractivity contribution in [1.82, 2.24) is 0 Å². The number of aliphatic hydroxyl groups is 2. The highest BCUT2D eigenvalue weighted by Gasteiger charge is 2.12. The molecule has 2 aromatic carbocycles.